The monoisotopic (exact) mass is 671 g/mol. The zero-order chi connectivity index (χ0) is 31.7. The molecule has 8 nitrogen and oxygen atoms in total. The molecule has 11 heteroatoms. The molecule has 2 atom stereocenters. The molecule has 5 aromatic rings. The van der Waals surface area contributed by atoms with Crippen LogP contribution >= 0.6 is 23.1 Å². The maximum absolute atomic E-state index is 14.9. The molecule has 47 heavy (non-hydrogen) atoms. The minimum absolute atomic E-state index is 0.232. The first-order valence-corrected chi connectivity index (χ1v) is 17.7. The van der Waals surface area contributed by atoms with E-state index in [1.165, 1.54) is 30.4 Å². The number of benzene rings is 3. The molecule has 3 aliphatic heterocycles. The van der Waals surface area contributed by atoms with Gasteiger partial charge in [-0.25, -0.2) is 14.4 Å². The number of fused-ring (bicyclic) bond motifs is 2. The van der Waals surface area contributed by atoms with E-state index in [1.807, 2.05) is 12.1 Å². The topological polar surface area (TPSA) is 74.5 Å². The van der Waals surface area contributed by atoms with Crippen molar-refractivity contribution in [3.8, 4) is 22.1 Å². The van der Waals surface area contributed by atoms with E-state index in [-0.39, 0.29) is 6.10 Å². The van der Waals surface area contributed by atoms with Crippen molar-refractivity contribution in [2.75, 3.05) is 19.7 Å². The normalized spacial score (nSPS) is 23.0. The molecule has 0 radical (unpaired) electrons. The zero-order valence-electron chi connectivity index (χ0n) is 26.1. The molecular formula is C36H35ClFN5O3S. The average molecular weight is 672 g/mol. The number of aromatic nitrogens is 4. The smallest absolute Gasteiger partial charge is 0.278 e. The van der Waals surface area contributed by atoms with E-state index in [9.17, 15) is 4.39 Å². The standard InChI is InChI=1S/C36H35ClFN5O3S/c1-36(27-9-8-24(37)18-28(27)38)45-31-4-2-3-26(33(31)46-36)21-11-14-42(15-12-21)20-32-39-29-17-23(35-40-34(41-47-35)22-5-6-22)7-10-30(29)43(32)19-25-13-16-44-25/h2-4,7-10,17-18,21-22,25H,5-6,11-16,19-20H2,1H3. The number of piperidine rings is 1. The molecule has 4 aliphatic rings. The molecule has 3 aromatic carbocycles. The average Bonchev–Trinajstić information content (AvgIpc) is 3.50. The van der Waals surface area contributed by atoms with Crippen molar-refractivity contribution in [3.05, 3.63) is 88.2 Å². The largest absolute Gasteiger partial charge is 0.444 e. The van der Waals surface area contributed by atoms with Crippen molar-refractivity contribution in [1.29, 1.82) is 0 Å². The lowest BCUT2D eigenvalue weighted by molar-refractivity contribution is -0.0712. The molecule has 0 amide bonds. The van der Waals surface area contributed by atoms with Gasteiger partial charge >= 0.3 is 0 Å². The number of halogens is 2. The highest BCUT2D eigenvalue weighted by Gasteiger charge is 2.43. The molecule has 1 aliphatic carbocycles. The van der Waals surface area contributed by atoms with Crippen LogP contribution in [-0.4, -0.2) is 49.6 Å². The number of nitrogens with zero attached hydrogens (tertiary/aromatic N) is 5. The van der Waals surface area contributed by atoms with Crippen LogP contribution < -0.4 is 9.47 Å². The Bertz CT molecular complexity index is 1980. The quantitative estimate of drug-likeness (QED) is 0.165. The predicted molar refractivity (Wildman–Crippen MR) is 179 cm³/mol. The summed E-state index contributed by atoms with van der Waals surface area (Å²) in [6.45, 7) is 6.04. The van der Waals surface area contributed by atoms with Crippen molar-refractivity contribution in [2.45, 2.75) is 75.8 Å². The summed E-state index contributed by atoms with van der Waals surface area (Å²) in [6.07, 6.45) is 5.66. The van der Waals surface area contributed by atoms with Gasteiger partial charge in [-0.05, 0) is 105 Å². The number of likely N-dealkylation sites (tertiary alicyclic amines) is 1. The highest BCUT2D eigenvalue weighted by Crippen LogP contribution is 2.50. The zero-order valence-corrected chi connectivity index (χ0v) is 27.7. The lowest BCUT2D eigenvalue weighted by Gasteiger charge is -2.33. The van der Waals surface area contributed by atoms with E-state index in [0.29, 0.717) is 33.9 Å². The van der Waals surface area contributed by atoms with Crippen LogP contribution in [0.15, 0.2) is 54.6 Å². The van der Waals surface area contributed by atoms with E-state index in [4.69, 9.17) is 35.8 Å². The molecule has 2 aromatic heterocycles. The molecule has 1 saturated carbocycles. The van der Waals surface area contributed by atoms with Crippen LogP contribution in [0.2, 0.25) is 5.02 Å². The number of hydrogen-bond acceptors (Lipinski definition) is 8. The van der Waals surface area contributed by atoms with Gasteiger partial charge in [0.15, 0.2) is 11.5 Å². The molecule has 0 N–H and O–H groups in total. The lowest BCUT2D eigenvalue weighted by Crippen LogP contribution is -2.35. The van der Waals surface area contributed by atoms with Crippen molar-refractivity contribution in [2.24, 2.45) is 0 Å². The molecule has 242 valence electrons. The fourth-order valence-corrected chi connectivity index (χ4v) is 8.06. The summed E-state index contributed by atoms with van der Waals surface area (Å²) >= 11 is 7.49. The van der Waals surface area contributed by atoms with Gasteiger partial charge in [0, 0.05) is 35.6 Å². The summed E-state index contributed by atoms with van der Waals surface area (Å²) < 4.78 is 40.4. The number of para-hydroxylation sites is 1. The van der Waals surface area contributed by atoms with E-state index < -0.39 is 11.6 Å². The van der Waals surface area contributed by atoms with Crippen LogP contribution in [0.4, 0.5) is 4.39 Å². The van der Waals surface area contributed by atoms with Crippen LogP contribution in [0.1, 0.15) is 73.6 Å². The van der Waals surface area contributed by atoms with Gasteiger partial charge in [0.1, 0.15) is 22.5 Å². The second-order valence-corrected chi connectivity index (χ2v) is 14.5. The molecule has 2 saturated heterocycles. The summed E-state index contributed by atoms with van der Waals surface area (Å²) in [6, 6.07) is 17.1. The SMILES string of the molecule is CC1(c2ccc(Cl)cc2F)Oc2cccc(C3CCN(Cc4nc5cc(-c6nc(C7CC7)ns6)ccc5n4CC4CCO4)CC3)c2O1. The van der Waals surface area contributed by atoms with Crippen LogP contribution in [-0.2, 0) is 23.6 Å². The fourth-order valence-electron chi connectivity index (χ4n) is 7.17. The van der Waals surface area contributed by atoms with Gasteiger partial charge in [0.05, 0.1) is 35.8 Å². The van der Waals surface area contributed by atoms with Crippen molar-refractivity contribution >= 4 is 34.2 Å². The third-order valence-corrected chi connectivity index (χ3v) is 11.1. The van der Waals surface area contributed by atoms with E-state index in [1.54, 1.807) is 19.1 Å². The number of imidazole rings is 1. The van der Waals surface area contributed by atoms with Gasteiger partial charge in [-0.2, -0.15) is 4.37 Å². The minimum atomic E-state index is -1.26. The van der Waals surface area contributed by atoms with E-state index in [2.05, 4.69) is 38.1 Å². The Kier molecular flexibility index (Phi) is 7.26. The van der Waals surface area contributed by atoms with Gasteiger partial charge in [0.2, 0.25) is 0 Å². The third-order valence-electron chi connectivity index (χ3n) is 10.1. The van der Waals surface area contributed by atoms with E-state index in [0.717, 1.165) is 90.9 Å². The van der Waals surface area contributed by atoms with Gasteiger partial charge in [-0.1, -0.05) is 23.7 Å². The maximum Gasteiger partial charge on any atom is 0.278 e. The van der Waals surface area contributed by atoms with Crippen LogP contribution in [0.25, 0.3) is 21.6 Å². The predicted octanol–water partition coefficient (Wildman–Crippen LogP) is 8.04. The Morgan fingerprint density at radius 1 is 0.979 bits per heavy atom. The van der Waals surface area contributed by atoms with Crippen molar-refractivity contribution < 1.29 is 18.6 Å². The Balaban J connectivity index is 0.926. The highest BCUT2D eigenvalue weighted by atomic mass is 35.5. The molecule has 3 fully saturated rings. The molecule has 5 heterocycles. The Morgan fingerprint density at radius 2 is 1.83 bits per heavy atom. The maximum atomic E-state index is 14.9. The van der Waals surface area contributed by atoms with Crippen LogP contribution in [0.5, 0.6) is 11.5 Å². The van der Waals surface area contributed by atoms with Crippen molar-refractivity contribution in [1.82, 2.24) is 23.8 Å². The highest BCUT2D eigenvalue weighted by molar-refractivity contribution is 7.09. The first-order chi connectivity index (χ1) is 22.9. The van der Waals surface area contributed by atoms with Gasteiger partial charge < -0.3 is 18.8 Å². The third kappa shape index (κ3) is 5.49. The summed E-state index contributed by atoms with van der Waals surface area (Å²) in [5.74, 6) is 2.56. The second kappa shape index (κ2) is 11.5. The van der Waals surface area contributed by atoms with Gasteiger partial charge in [-0.15, -0.1) is 0 Å². The van der Waals surface area contributed by atoms with E-state index >= 15 is 0 Å². The Morgan fingerprint density at radius 3 is 2.60 bits per heavy atom. The fraction of sp³-hybridized carbons (Fsp3) is 0.417. The molecule has 2 unspecified atom stereocenters. The number of hydrogen-bond donors (Lipinski definition) is 0. The summed E-state index contributed by atoms with van der Waals surface area (Å²) in [5.41, 5.74) is 4.65. The molecule has 0 spiro atoms. The van der Waals surface area contributed by atoms with Gasteiger partial charge in [-0.3, -0.25) is 4.90 Å². The second-order valence-electron chi connectivity index (χ2n) is 13.4. The van der Waals surface area contributed by atoms with Crippen LogP contribution in [0, 0.1) is 5.82 Å². The van der Waals surface area contributed by atoms with Crippen molar-refractivity contribution in [3.63, 3.8) is 0 Å². The Labute approximate surface area is 281 Å². The number of rotatable bonds is 8. The molecular weight excluding hydrogens is 637 g/mol. The minimum Gasteiger partial charge on any atom is -0.444 e. The summed E-state index contributed by atoms with van der Waals surface area (Å²) in [7, 11) is 0. The lowest BCUT2D eigenvalue weighted by atomic mass is 9.88. The van der Waals surface area contributed by atoms with Gasteiger partial charge in [0.25, 0.3) is 5.79 Å². The molecule has 9 rings (SSSR count). The summed E-state index contributed by atoms with van der Waals surface area (Å²) in [5, 5.41) is 1.31. The first-order valence-electron chi connectivity index (χ1n) is 16.5. The first kappa shape index (κ1) is 29.6. The number of ether oxygens (including phenoxy) is 3. The van der Waals surface area contributed by atoms with Crippen LogP contribution in [0.3, 0.4) is 0 Å². The molecule has 0 bridgehead atoms. The summed E-state index contributed by atoms with van der Waals surface area (Å²) in [4.78, 5) is 12.5. The Hall–Kier alpha value is -3.57.